The molecule has 0 saturated carbocycles. The Bertz CT molecular complexity index is 453. The van der Waals surface area contributed by atoms with Crippen LogP contribution in [-0.4, -0.2) is 21.1 Å². The van der Waals surface area contributed by atoms with Gasteiger partial charge in [0.05, 0.1) is 12.6 Å². The number of hydrogen-bond donors (Lipinski definition) is 1. The molecule has 1 N–H and O–H groups in total. The van der Waals surface area contributed by atoms with Gasteiger partial charge < -0.3 is 0 Å². The highest BCUT2D eigenvalue weighted by atomic mass is 32.2. The summed E-state index contributed by atoms with van der Waals surface area (Å²) in [7, 11) is -3.50. The maximum absolute atomic E-state index is 10.9. The molecule has 1 heterocycles. The van der Waals surface area contributed by atoms with Gasteiger partial charge in [-0.05, 0) is 5.56 Å². The summed E-state index contributed by atoms with van der Waals surface area (Å²) < 4.78 is 28.7. The molecule has 5 heteroatoms. The molecule has 1 aromatic rings. The van der Waals surface area contributed by atoms with E-state index in [0.29, 0.717) is 0 Å². The van der Waals surface area contributed by atoms with Crippen LogP contribution in [0.5, 0.6) is 0 Å². The van der Waals surface area contributed by atoms with Gasteiger partial charge in [0.2, 0.25) is 0 Å². The summed E-state index contributed by atoms with van der Waals surface area (Å²) in [6.07, 6.45) is 3.64. The van der Waals surface area contributed by atoms with Crippen LogP contribution in [0.4, 0.5) is 0 Å². The average molecular weight is 225 g/mol. The monoisotopic (exact) mass is 225 g/mol. The fraction of sp³-hybridized carbons (Fsp3) is 0.200. The predicted octanol–water partition coefficient (Wildman–Crippen LogP) is 0.933. The van der Waals surface area contributed by atoms with E-state index in [1.807, 2.05) is 36.4 Å². The maximum Gasteiger partial charge on any atom is 0.336 e. The van der Waals surface area contributed by atoms with Gasteiger partial charge in [-0.25, -0.2) is 0 Å². The van der Waals surface area contributed by atoms with Crippen LogP contribution in [0.25, 0.3) is 6.08 Å². The van der Waals surface area contributed by atoms with E-state index < -0.39 is 10.3 Å². The molecular formula is C10H11NO3S. The van der Waals surface area contributed by atoms with Crippen LogP contribution in [-0.2, 0) is 14.5 Å². The quantitative estimate of drug-likeness (QED) is 0.814. The van der Waals surface area contributed by atoms with Crippen molar-refractivity contribution in [3.05, 3.63) is 42.0 Å². The first-order valence-electron chi connectivity index (χ1n) is 4.56. The Hall–Kier alpha value is -1.17. The van der Waals surface area contributed by atoms with E-state index in [4.69, 9.17) is 0 Å². The summed E-state index contributed by atoms with van der Waals surface area (Å²) in [4.78, 5) is 0. The van der Waals surface area contributed by atoms with Crippen LogP contribution in [0, 0.1) is 0 Å². The van der Waals surface area contributed by atoms with Crippen molar-refractivity contribution in [3.8, 4) is 0 Å². The zero-order chi connectivity index (χ0) is 10.7. The smallest absolute Gasteiger partial charge is 0.256 e. The number of benzene rings is 1. The summed E-state index contributed by atoms with van der Waals surface area (Å²) in [6, 6.07) is 9.40. The largest absolute Gasteiger partial charge is 0.336 e. The van der Waals surface area contributed by atoms with Crippen LogP contribution >= 0.6 is 0 Å². The number of hydrogen-bond acceptors (Lipinski definition) is 3. The molecule has 1 aliphatic heterocycles. The molecule has 1 aromatic carbocycles. The third kappa shape index (κ3) is 2.89. The van der Waals surface area contributed by atoms with E-state index >= 15 is 0 Å². The van der Waals surface area contributed by atoms with Crippen molar-refractivity contribution < 1.29 is 12.6 Å². The minimum atomic E-state index is -3.50. The number of nitrogens with one attached hydrogen (secondary N) is 1. The number of rotatable bonds is 2. The highest BCUT2D eigenvalue weighted by Crippen LogP contribution is 2.08. The first-order valence-corrected chi connectivity index (χ1v) is 5.96. The van der Waals surface area contributed by atoms with Crippen LogP contribution < -0.4 is 4.72 Å². The van der Waals surface area contributed by atoms with Crippen molar-refractivity contribution in [2.75, 3.05) is 6.61 Å². The second kappa shape index (κ2) is 4.14. The fourth-order valence-corrected chi connectivity index (χ4v) is 2.21. The molecule has 0 bridgehead atoms. The van der Waals surface area contributed by atoms with Crippen molar-refractivity contribution >= 4 is 16.4 Å². The molecule has 0 amide bonds. The molecular weight excluding hydrogens is 214 g/mol. The minimum absolute atomic E-state index is 0.158. The van der Waals surface area contributed by atoms with Crippen molar-refractivity contribution in [3.63, 3.8) is 0 Å². The second-order valence-electron chi connectivity index (χ2n) is 3.23. The van der Waals surface area contributed by atoms with E-state index in [0.717, 1.165) is 5.56 Å². The topological polar surface area (TPSA) is 55.4 Å². The molecule has 4 nitrogen and oxygen atoms in total. The van der Waals surface area contributed by atoms with Gasteiger partial charge in [-0.1, -0.05) is 42.5 Å². The van der Waals surface area contributed by atoms with E-state index in [1.54, 1.807) is 6.08 Å². The molecule has 1 aliphatic rings. The van der Waals surface area contributed by atoms with Crippen LogP contribution in [0.2, 0.25) is 0 Å². The molecule has 0 unspecified atom stereocenters. The van der Waals surface area contributed by atoms with Gasteiger partial charge >= 0.3 is 10.3 Å². The van der Waals surface area contributed by atoms with Gasteiger partial charge in [0.1, 0.15) is 0 Å². The average Bonchev–Trinajstić information content (AvgIpc) is 2.57. The molecule has 0 spiro atoms. The Morgan fingerprint density at radius 3 is 2.67 bits per heavy atom. The molecule has 1 fully saturated rings. The first kappa shape index (κ1) is 10.4. The lowest BCUT2D eigenvalue weighted by Crippen LogP contribution is -2.24. The summed E-state index contributed by atoms with van der Waals surface area (Å²) in [6.45, 7) is 0.158. The van der Waals surface area contributed by atoms with Gasteiger partial charge in [-0.15, -0.1) is 0 Å². The maximum atomic E-state index is 10.9. The highest BCUT2D eigenvalue weighted by molar-refractivity contribution is 7.85. The van der Waals surface area contributed by atoms with E-state index in [-0.39, 0.29) is 12.6 Å². The normalized spacial score (nSPS) is 24.7. The Balaban J connectivity index is 2.02. The van der Waals surface area contributed by atoms with Gasteiger partial charge in [0.25, 0.3) is 0 Å². The third-order valence-corrected chi connectivity index (χ3v) is 3.06. The van der Waals surface area contributed by atoms with Gasteiger partial charge in [-0.2, -0.15) is 13.1 Å². The van der Waals surface area contributed by atoms with E-state index in [2.05, 4.69) is 8.91 Å². The Labute approximate surface area is 88.8 Å². The Morgan fingerprint density at radius 1 is 1.33 bits per heavy atom. The molecule has 0 aliphatic carbocycles. The van der Waals surface area contributed by atoms with Crippen molar-refractivity contribution in [2.24, 2.45) is 0 Å². The molecule has 0 radical (unpaired) electrons. The standard InChI is InChI=1S/C10H11NO3S/c12-15(13)11-10(8-14-15)7-6-9-4-2-1-3-5-9/h1-7,10-11H,8H2/b7-6+/t10-/m0/s1. The van der Waals surface area contributed by atoms with E-state index in [9.17, 15) is 8.42 Å². The molecule has 15 heavy (non-hydrogen) atoms. The van der Waals surface area contributed by atoms with Crippen molar-refractivity contribution in [2.45, 2.75) is 6.04 Å². The molecule has 80 valence electrons. The molecule has 1 atom stereocenters. The minimum Gasteiger partial charge on any atom is -0.256 e. The van der Waals surface area contributed by atoms with E-state index in [1.165, 1.54) is 0 Å². The summed E-state index contributed by atoms with van der Waals surface area (Å²) in [5.74, 6) is 0. The summed E-state index contributed by atoms with van der Waals surface area (Å²) >= 11 is 0. The molecule has 1 saturated heterocycles. The highest BCUT2D eigenvalue weighted by Gasteiger charge is 2.25. The van der Waals surface area contributed by atoms with Crippen LogP contribution in [0.1, 0.15) is 5.56 Å². The van der Waals surface area contributed by atoms with Crippen LogP contribution in [0.15, 0.2) is 36.4 Å². The SMILES string of the molecule is O=S1(=O)N[C@@H](/C=C/c2ccccc2)CO1. The zero-order valence-electron chi connectivity index (χ0n) is 7.96. The second-order valence-corrected chi connectivity index (χ2v) is 4.61. The Kier molecular flexibility index (Phi) is 2.86. The zero-order valence-corrected chi connectivity index (χ0v) is 8.78. The lowest BCUT2D eigenvalue weighted by molar-refractivity contribution is 0.349. The van der Waals surface area contributed by atoms with Gasteiger partial charge in [-0.3, -0.25) is 4.18 Å². The van der Waals surface area contributed by atoms with Crippen LogP contribution in [0.3, 0.4) is 0 Å². The molecule has 0 aromatic heterocycles. The molecule has 2 rings (SSSR count). The summed E-state index contributed by atoms with van der Waals surface area (Å²) in [5, 5.41) is 0. The fourth-order valence-electron chi connectivity index (χ4n) is 1.30. The van der Waals surface area contributed by atoms with Crippen molar-refractivity contribution in [1.82, 2.24) is 4.72 Å². The summed E-state index contributed by atoms with van der Waals surface area (Å²) in [5.41, 5.74) is 1.03. The predicted molar refractivity (Wildman–Crippen MR) is 57.3 cm³/mol. The first-order chi connectivity index (χ1) is 7.16. The lowest BCUT2D eigenvalue weighted by Gasteiger charge is -1.97. The van der Waals surface area contributed by atoms with Crippen molar-refractivity contribution in [1.29, 1.82) is 0 Å². The Morgan fingerprint density at radius 2 is 2.07 bits per heavy atom. The van der Waals surface area contributed by atoms with Gasteiger partial charge in [0.15, 0.2) is 0 Å². The third-order valence-electron chi connectivity index (χ3n) is 2.02. The lowest BCUT2D eigenvalue weighted by atomic mass is 10.2. The van der Waals surface area contributed by atoms with Gasteiger partial charge in [0, 0.05) is 0 Å².